The molecule has 0 saturated carbocycles. The molecule has 0 aromatic rings. The fourth-order valence-electron chi connectivity index (χ4n) is 10.9. The molecule has 6 nitrogen and oxygen atoms in total. The highest BCUT2D eigenvalue weighted by Gasteiger charge is 2.19. The fraction of sp³-hybridized carbons (Fsp3) is 0.878. The van der Waals surface area contributed by atoms with Gasteiger partial charge in [-0.2, -0.15) is 0 Å². The lowest BCUT2D eigenvalue weighted by atomic mass is 10.0. The van der Waals surface area contributed by atoms with Crippen molar-refractivity contribution in [2.24, 2.45) is 0 Å². The summed E-state index contributed by atoms with van der Waals surface area (Å²) in [6.07, 6.45) is 86.1. The summed E-state index contributed by atoms with van der Waals surface area (Å²) in [4.78, 5) is 38.4. The zero-order valence-corrected chi connectivity index (χ0v) is 54.1. The molecule has 0 aliphatic carbocycles. The smallest absolute Gasteiger partial charge is 0.306 e. The summed E-state index contributed by atoms with van der Waals surface area (Å²) < 4.78 is 17.0. The van der Waals surface area contributed by atoms with E-state index in [4.69, 9.17) is 14.2 Å². The molecule has 0 rings (SSSR count). The molecule has 0 saturated heterocycles. The topological polar surface area (TPSA) is 78.9 Å². The van der Waals surface area contributed by atoms with Gasteiger partial charge in [-0.15, -0.1) is 0 Å². The Kier molecular flexibility index (Phi) is 67.1. The Labute approximate surface area is 499 Å². The van der Waals surface area contributed by atoms with Gasteiger partial charge in [0.1, 0.15) is 13.2 Å². The van der Waals surface area contributed by atoms with Crippen LogP contribution in [0.15, 0.2) is 36.5 Å². The molecular formula is C74H138O6. The van der Waals surface area contributed by atoms with Crippen molar-refractivity contribution in [3.05, 3.63) is 36.5 Å². The van der Waals surface area contributed by atoms with Crippen molar-refractivity contribution in [2.75, 3.05) is 13.2 Å². The molecule has 0 fully saturated rings. The summed E-state index contributed by atoms with van der Waals surface area (Å²) in [5.41, 5.74) is 0. The maximum atomic E-state index is 13.0. The third kappa shape index (κ3) is 66.4. The SMILES string of the molecule is CCCCCCC/C=C\C/C=C\CCCCCCCCCCCCCCCC(=O)OCC(COC(=O)CCCCCCCCCCCCCC)OC(=O)CCCCCCCCCCCCCCC/C=C\CCCCCCCCCC. The van der Waals surface area contributed by atoms with E-state index in [-0.39, 0.29) is 31.1 Å². The Hall–Kier alpha value is -2.37. The van der Waals surface area contributed by atoms with Gasteiger partial charge in [-0.3, -0.25) is 14.4 Å². The van der Waals surface area contributed by atoms with E-state index in [0.717, 1.165) is 64.2 Å². The fourth-order valence-corrected chi connectivity index (χ4v) is 10.9. The second-order valence-corrected chi connectivity index (χ2v) is 24.5. The van der Waals surface area contributed by atoms with Crippen molar-refractivity contribution in [3.8, 4) is 0 Å². The lowest BCUT2D eigenvalue weighted by Crippen LogP contribution is -2.30. The van der Waals surface area contributed by atoms with Gasteiger partial charge in [0.05, 0.1) is 0 Å². The molecule has 0 heterocycles. The van der Waals surface area contributed by atoms with E-state index in [0.29, 0.717) is 19.3 Å². The first kappa shape index (κ1) is 77.6. The molecule has 470 valence electrons. The first-order valence-electron chi connectivity index (χ1n) is 36.0. The first-order chi connectivity index (χ1) is 39.5. The minimum Gasteiger partial charge on any atom is -0.462 e. The van der Waals surface area contributed by atoms with Gasteiger partial charge in [0.2, 0.25) is 0 Å². The van der Waals surface area contributed by atoms with Gasteiger partial charge in [0.15, 0.2) is 6.10 Å². The zero-order valence-electron chi connectivity index (χ0n) is 54.1. The van der Waals surface area contributed by atoms with Crippen LogP contribution < -0.4 is 0 Å². The Morgan fingerprint density at radius 2 is 0.450 bits per heavy atom. The van der Waals surface area contributed by atoms with E-state index in [1.54, 1.807) is 0 Å². The van der Waals surface area contributed by atoms with Crippen LogP contribution in [0.4, 0.5) is 0 Å². The highest BCUT2D eigenvalue weighted by Crippen LogP contribution is 2.18. The van der Waals surface area contributed by atoms with Gasteiger partial charge < -0.3 is 14.2 Å². The van der Waals surface area contributed by atoms with Crippen molar-refractivity contribution >= 4 is 17.9 Å². The van der Waals surface area contributed by atoms with Crippen LogP contribution in [0.25, 0.3) is 0 Å². The van der Waals surface area contributed by atoms with Crippen molar-refractivity contribution in [1.82, 2.24) is 0 Å². The lowest BCUT2D eigenvalue weighted by molar-refractivity contribution is -0.167. The predicted octanol–water partition coefficient (Wildman–Crippen LogP) is 24.7. The Morgan fingerprint density at radius 1 is 0.250 bits per heavy atom. The average molecular weight is 1120 g/mol. The molecule has 6 heteroatoms. The highest BCUT2D eigenvalue weighted by molar-refractivity contribution is 5.71. The van der Waals surface area contributed by atoms with Crippen molar-refractivity contribution in [3.63, 3.8) is 0 Å². The monoisotopic (exact) mass is 1120 g/mol. The van der Waals surface area contributed by atoms with Gasteiger partial charge in [-0.1, -0.05) is 340 Å². The second-order valence-electron chi connectivity index (χ2n) is 24.5. The van der Waals surface area contributed by atoms with Crippen LogP contribution in [0.1, 0.15) is 400 Å². The quantitative estimate of drug-likeness (QED) is 0.0261. The average Bonchev–Trinajstić information content (AvgIpc) is 3.46. The molecule has 0 aliphatic heterocycles. The molecule has 0 aliphatic rings. The predicted molar refractivity (Wildman–Crippen MR) is 349 cm³/mol. The van der Waals surface area contributed by atoms with E-state index in [9.17, 15) is 14.4 Å². The van der Waals surface area contributed by atoms with Crippen LogP contribution in [0.5, 0.6) is 0 Å². The molecular weight excluding hydrogens is 985 g/mol. The summed E-state index contributed by atoms with van der Waals surface area (Å²) >= 11 is 0. The summed E-state index contributed by atoms with van der Waals surface area (Å²) in [5.74, 6) is -0.839. The molecule has 0 spiro atoms. The lowest BCUT2D eigenvalue weighted by Gasteiger charge is -2.18. The van der Waals surface area contributed by atoms with Gasteiger partial charge in [-0.05, 0) is 77.0 Å². The molecule has 0 bridgehead atoms. The third-order valence-corrected chi connectivity index (χ3v) is 16.4. The second kappa shape index (κ2) is 69.1. The molecule has 0 amide bonds. The number of rotatable bonds is 67. The maximum Gasteiger partial charge on any atom is 0.306 e. The number of ether oxygens (including phenoxy) is 3. The number of unbranched alkanes of at least 4 members (excludes halogenated alkanes) is 50. The van der Waals surface area contributed by atoms with Gasteiger partial charge in [0, 0.05) is 19.3 Å². The van der Waals surface area contributed by atoms with E-state index < -0.39 is 6.10 Å². The minimum absolute atomic E-state index is 0.0666. The van der Waals surface area contributed by atoms with E-state index in [1.165, 1.54) is 295 Å². The Morgan fingerprint density at radius 3 is 0.700 bits per heavy atom. The molecule has 0 radical (unpaired) electrons. The summed E-state index contributed by atoms with van der Waals surface area (Å²) in [6.45, 7) is 6.70. The molecule has 1 atom stereocenters. The molecule has 0 N–H and O–H groups in total. The van der Waals surface area contributed by atoms with Crippen LogP contribution in [0.3, 0.4) is 0 Å². The Bertz CT molecular complexity index is 1340. The molecule has 1 unspecified atom stereocenters. The normalized spacial score (nSPS) is 12.2. The first-order valence-corrected chi connectivity index (χ1v) is 36.0. The van der Waals surface area contributed by atoms with Crippen LogP contribution in [-0.4, -0.2) is 37.2 Å². The zero-order chi connectivity index (χ0) is 57.8. The van der Waals surface area contributed by atoms with Crippen LogP contribution in [-0.2, 0) is 28.6 Å². The summed E-state index contributed by atoms with van der Waals surface area (Å²) in [6, 6.07) is 0. The number of allylic oxidation sites excluding steroid dienone is 6. The van der Waals surface area contributed by atoms with E-state index >= 15 is 0 Å². The largest absolute Gasteiger partial charge is 0.462 e. The summed E-state index contributed by atoms with van der Waals surface area (Å²) in [7, 11) is 0. The van der Waals surface area contributed by atoms with E-state index in [1.807, 2.05) is 0 Å². The number of esters is 3. The molecule has 0 aromatic carbocycles. The van der Waals surface area contributed by atoms with E-state index in [2.05, 4.69) is 57.2 Å². The highest BCUT2D eigenvalue weighted by atomic mass is 16.6. The van der Waals surface area contributed by atoms with Gasteiger partial charge >= 0.3 is 17.9 Å². The third-order valence-electron chi connectivity index (χ3n) is 16.4. The van der Waals surface area contributed by atoms with Crippen molar-refractivity contribution in [1.29, 1.82) is 0 Å². The van der Waals surface area contributed by atoms with Gasteiger partial charge in [-0.25, -0.2) is 0 Å². The maximum absolute atomic E-state index is 13.0. The number of carbonyl (C=O) groups is 3. The number of hydrogen-bond acceptors (Lipinski definition) is 6. The summed E-state index contributed by atoms with van der Waals surface area (Å²) in [5, 5.41) is 0. The van der Waals surface area contributed by atoms with Crippen molar-refractivity contribution < 1.29 is 28.6 Å². The standard InChI is InChI=1S/C74H138O6/c1-4-7-10-13-16-19-22-25-27-29-31-33-35-37-39-41-43-45-47-49-52-55-58-61-64-67-73(76)79-70-71(69-78-72(75)66-63-60-57-54-51-24-21-18-15-12-9-6-3)80-74(77)68-65-62-59-56-53-50-48-46-44-42-40-38-36-34-32-30-28-26-23-20-17-14-11-8-5-2/h22,25,29-32,71H,4-21,23-24,26-28,33-70H2,1-3H3/b25-22-,31-29-,32-30-. The molecule has 0 aromatic heterocycles. The van der Waals surface area contributed by atoms with Crippen LogP contribution in [0, 0.1) is 0 Å². The molecule has 80 heavy (non-hydrogen) atoms. The minimum atomic E-state index is -0.770. The van der Waals surface area contributed by atoms with Crippen LogP contribution >= 0.6 is 0 Å². The van der Waals surface area contributed by atoms with Crippen molar-refractivity contribution in [2.45, 2.75) is 406 Å². The number of carbonyl (C=O) groups excluding carboxylic acids is 3. The Balaban J connectivity index is 4.20. The van der Waals surface area contributed by atoms with Gasteiger partial charge in [0.25, 0.3) is 0 Å². The van der Waals surface area contributed by atoms with Crippen LogP contribution in [0.2, 0.25) is 0 Å². The number of hydrogen-bond donors (Lipinski definition) is 0.